The van der Waals surface area contributed by atoms with Crippen molar-refractivity contribution in [2.45, 2.75) is 42.5 Å². The van der Waals surface area contributed by atoms with Crippen LogP contribution in [0.15, 0.2) is 0 Å². The van der Waals surface area contributed by atoms with Crippen LogP contribution in [0.4, 0.5) is 0 Å². The van der Waals surface area contributed by atoms with Crippen molar-refractivity contribution in [3.05, 3.63) is 0 Å². The summed E-state index contributed by atoms with van der Waals surface area (Å²) in [6.07, 6.45) is 0. The van der Waals surface area contributed by atoms with Gasteiger partial charge >= 0.3 is 10.6 Å². The first-order valence-electron chi connectivity index (χ1n) is 3.82. The summed E-state index contributed by atoms with van der Waals surface area (Å²) in [7, 11) is -3.11. The van der Waals surface area contributed by atoms with E-state index in [-0.39, 0.29) is 20.3 Å². The molecule has 16 heavy (non-hydrogen) atoms. The molecule has 0 aromatic carbocycles. The molecule has 0 saturated heterocycles. The monoisotopic (exact) mass is 282 g/mol. The summed E-state index contributed by atoms with van der Waals surface area (Å²) in [5.74, 6) is 0.591. The maximum absolute atomic E-state index is 10.3. The van der Waals surface area contributed by atoms with E-state index >= 15 is 0 Å². The normalized spacial score (nSPS) is 8.00. The molecule has 0 aliphatic heterocycles. The molecule has 0 aliphatic carbocycles. The maximum Gasteiger partial charge on any atom is 0.425 e. The van der Waals surface area contributed by atoms with Gasteiger partial charge in [-0.15, -0.1) is 12.6 Å². The molecule has 2 N–H and O–H groups in total. The third kappa shape index (κ3) is 100. The van der Waals surface area contributed by atoms with Crippen LogP contribution in [-0.2, 0) is 25.9 Å². The zero-order valence-corrected chi connectivity index (χ0v) is 10.4. The molecule has 0 aromatic rings. The Bertz CT molecular complexity index is 191. The van der Waals surface area contributed by atoms with Crippen molar-refractivity contribution < 1.29 is 26.5 Å². The van der Waals surface area contributed by atoms with E-state index in [4.69, 9.17) is 12.6 Å². The van der Waals surface area contributed by atoms with Crippen molar-refractivity contribution in [1.82, 2.24) is 0 Å². The van der Waals surface area contributed by atoms with Gasteiger partial charge in [0.2, 0.25) is 0 Å². The zero-order valence-electron chi connectivity index (χ0n) is 8.77. The number of rotatable bonds is 3. The lowest BCUT2D eigenvalue weighted by Gasteiger charge is -1.91. The van der Waals surface area contributed by atoms with E-state index < -0.39 is 21.7 Å². The standard InChI is InChI=1S/C4H10O2S.C2H6.2CH4.O3S.H2O/c1-3-6-7(5)4-2;1-2;;;1-4(2)3;/h3-4H2,1-2H3;1-2H3;2*1H4;;1H2. The predicted molar refractivity (Wildman–Crippen MR) is 68.4 cm³/mol. The molecule has 0 fully saturated rings. The highest BCUT2D eigenvalue weighted by molar-refractivity contribution is 7.80. The van der Waals surface area contributed by atoms with Crippen molar-refractivity contribution in [3.8, 4) is 0 Å². The number of hydrogen-bond acceptors (Lipinski definition) is 5. The Morgan fingerprint density at radius 3 is 1.25 bits per heavy atom. The van der Waals surface area contributed by atoms with Gasteiger partial charge in [0.1, 0.15) is 0 Å². The van der Waals surface area contributed by atoms with E-state index in [2.05, 4.69) is 4.18 Å². The highest BCUT2D eigenvalue weighted by Crippen LogP contribution is 1.81. The Balaban J connectivity index is -0.0000000247. The maximum atomic E-state index is 10.3. The van der Waals surface area contributed by atoms with Crippen molar-refractivity contribution in [1.29, 1.82) is 0 Å². The van der Waals surface area contributed by atoms with Crippen molar-refractivity contribution in [2.75, 3.05) is 12.4 Å². The molecule has 0 radical (unpaired) electrons. The van der Waals surface area contributed by atoms with Crippen LogP contribution in [0.5, 0.6) is 0 Å². The van der Waals surface area contributed by atoms with Gasteiger partial charge in [0.25, 0.3) is 0 Å². The first kappa shape index (κ1) is 36.1. The molecule has 8 heteroatoms. The van der Waals surface area contributed by atoms with Crippen molar-refractivity contribution >= 4 is 21.7 Å². The van der Waals surface area contributed by atoms with E-state index in [0.29, 0.717) is 12.4 Å². The van der Waals surface area contributed by atoms with E-state index in [0.717, 1.165) is 0 Å². The van der Waals surface area contributed by atoms with Gasteiger partial charge in [0.05, 0.1) is 6.61 Å². The molecule has 1 unspecified atom stereocenters. The summed E-state index contributed by atoms with van der Waals surface area (Å²) in [6, 6.07) is 0. The molecule has 0 spiro atoms. The van der Waals surface area contributed by atoms with Crippen LogP contribution in [0.1, 0.15) is 42.5 Å². The Hall–Kier alpha value is -0.310. The molecule has 0 aromatic heterocycles. The molecular weight excluding hydrogens is 256 g/mol. The number of hydrogen-bond donors (Lipinski definition) is 0. The van der Waals surface area contributed by atoms with Gasteiger partial charge in [-0.25, -0.2) is 4.21 Å². The minimum atomic E-state index is -3.11. The fraction of sp³-hybridized carbons (Fsp3) is 1.00. The summed E-state index contributed by atoms with van der Waals surface area (Å²) < 4.78 is 40.3. The minimum Gasteiger partial charge on any atom is -0.412 e. The van der Waals surface area contributed by atoms with Gasteiger partial charge in [-0.05, 0) is 6.92 Å². The third-order valence-electron chi connectivity index (χ3n) is 0.485. The molecule has 0 heterocycles. The Kier molecular flexibility index (Phi) is 82.2. The first-order chi connectivity index (χ1) is 6.04. The molecular formula is C8H26O6S2. The van der Waals surface area contributed by atoms with Gasteiger partial charge in [0, 0.05) is 5.75 Å². The second-order valence-electron chi connectivity index (χ2n) is 1.20. The van der Waals surface area contributed by atoms with Gasteiger partial charge in [0.15, 0.2) is 11.1 Å². The highest BCUT2D eigenvalue weighted by Gasteiger charge is 1.88. The van der Waals surface area contributed by atoms with E-state index in [1.54, 1.807) is 0 Å². The fourth-order valence-corrected chi connectivity index (χ4v) is 0.644. The van der Waals surface area contributed by atoms with Crippen LogP contribution < -0.4 is 0 Å². The van der Waals surface area contributed by atoms with Crippen molar-refractivity contribution in [2.24, 2.45) is 0 Å². The van der Waals surface area contributed by atoms with Crippen LogP contribution >= 0.6 is 0 Å². The summed E-state index contributed by atoms with van der Waals surface area (Å²) in [4.78, 5) is 0. The molecule has 106 valence electrons. The Morgan fingerprint density at radius 1 is 0.938 bits per heavy atom. The predicted octanol–water partition coefficient (Wildman–Crippen LogP) is 1.18. The first-order valence-corrected chi connectivity index (χ1v) is 6.07. The minimum absolute atomic E-state index is 0. The molecule has 1 atom stereocenters. The zero-order chi connectivity index (χ0) is 11.3. The molecule has 0 amide bonds. The van der Waals surface area contributed by atoms with Crippen LogP contribution in [0, 0.1) is 0 Å². The molecule has 6 nitrogen and oxygen atoms in total. The lowest BCUT2D eigenvalue weighted by molar-refractivity contribution is 0.372. The molecule has 0 saturated carbocycles. The van der Waals surface area contributed by atoms with Crippen molar-refractivity contribution in [3.63, 3.8) is 0 Å². The Morgan fingerprint density at radius 2 is 1.19 bits per heavy atom. The van der Waals surface area contributed by atoms with Crippen LogP contribution in [-0.4, -0.2) is 34.7 Å². The van der Waals surface area contributed by atoms with E-state index in [9.17, 15) is 4.21 Å². The van der Waals surface area contributed by atoms with Crippen LogP contribution in [0.3, 0.4) is 0 Å². The van der Waals surface area contributed by atoms with Gasteiger partial charge in [-0.2, -0.15) is 0 Å². The molecule has 0 rings (SSSR count). The van der Waals surface area contributed by atoms with Crippen LogP contribution in [0.25, 0.3) is 0 Å². The lowest BCUT2D eigenvalue weighted by atomic mass is 10.9. The summed E-state index contributed by atoms with van der Waals surface area (Å²) in [5.41, 5.74) is 0. The average Bonchev–Trinajstić information content (AvgIpc) is 2.07. The lowest BCUT2D eigenvalue weighted by Crippen LogP contribution is -1.97. The fourth-order valence-electron chi connectivity index (χ4n) is 0.215. The molecule has 0 bridgehead atoms. The summed E-state index contributed by atoms with van der Waals surface area (Å²) in [5, 5.41) is 0. The average molecular weight is 282 g/mol. The second kappa shape index (κ2) is 36.5. The largest absolute Gasteiger partial charge is 0.425 e. The van der Waals surface area contributed by atoms with Gasteiger partial charge in [-0.1, -0.05) is 35.6 Å². The van der Waals surface area contributed by atoms with E-state index in [1.165, 1.54) is 0 Å². The highest BCUT2D eigenvalue weighted by atomic mass is 32.2. The summed E-state index contributed by atoms with van der Waals surface area (Å²) in [6.45, 7) is 8.19. The third-order valence-corrected chi connectivity index (χ3v) is 1.45. The van der Waals surface area contributed by atoms with Gasteiger partial charge < -0.3 is 5.48 Å². The van der Waals surface area contributed by atoms with Gasteiger partial charge in [-0.3, -0.25) is 4.18 Å². The Labute approximate surface area is 103 Å². The molecule has 0 aliphatic rings. The summed E-state index contributed by atoms with van der Waals surface area (Å²) >= 11 is -1.03. The smallest absolute Gasteiger partial charge is 0.412 e. The van der Waals surface area contributed by atoms with E-state index in [1.807, 2.05) is 27.7 Å². The topological polar surface area (TPSA) is 109 Å². The van der Waals surface area contributed by atoms with Crippen LogP contribution in [0.2, 0.25) is 0 Å². The quantitative estimate of drug-likeness (QED) is 0.772. The SMILES string of the molecule is C.C.CC.CCOS(=O)CC.O.O=S(=O)=O. The second-order valence-corrected chi connectivity index (χ2v) is 3.03.